The maximum Gasteiger partial charge on any atom is 0.218 e. The molecule has 0 bridgehead atoms. The van der Waals surface area contributed by atoms with Crippen LogP contribution in [0.4, 0.5) is 17.6 Å². The zero-order valence-corrected chi connectivity index (χ0v) is 23.3. The van der Waals surface area contributed by atoms with E-state index < -0.39 is 23.3 Å². The quantitative estimate of drug-likeness (QED) is 0.0845. The molecule has 0 atom stereocenters. The number of nitrogens with zero attached hydrogens (tertiary/aromatic N) is 4. The van der Waals surface area contributed by atoms with Crippen molar-refractivity contribution in [2.75, 3.05) is 6.61 Å². The largest absolute Gasteiger partial charge is 0.478 e. The molecule has 0 aliphatic carbocycles. The van der Waals surface area contributed by atoms with Crippen molar-refractivity contribution >= 4 is 58.3 Å². The summed E-state index contributed by atoms with van der Waals surface area (Å²) in [6, 6.07) is 11.0. The van der Waals surface area contributed by atoms with Crippen LogP contribution in [0.15, 0.2) is 58.8 Å². The summed E-state index contributed by atoms with van der Waals surface area (Å²) in [7, 11) is 0. The van der Waals surface area contributed by atoms with E-state index in [1.807, 2.05) is 6.92 Å². The van der Waals surface area contributed by atoms with Crippen LogP contribution in [-0.2, 0) is 11.5 Å². The van der Waals surface area contributed by atoms with Gasteiger partial charge in [0.25, 0.3) is 0 Å². The van der Waals surface area contributed by atoms with Gasteiger partial charge in [0, 0.05) is 34.8 Å². The number of benzene rings is 2. The third-order valence-corrected chi connectivity index (χ3v) is 6.74. The van der Waals surface area contributed by atoms with Gasteiger partial charge in [0.15, 0.2) is 33.6 Å². The second kappa shape index (κ2) is 14.7. The molecule has 0 saturated heterocycles. The molecule has 5 nitrogen and oxygen atoms in total. The fraction of sp³-hybridized carbons (Fsp3) is 0.167. The van der Waals surface area contributed by atoms with Gasteiger partial charge in [-0.3, -0.25) is 0 Å². The maximum atomic E-state index is 13.5. The molecule has 4 aromatic rings. The number of ether oxygens (including phenoxy) is 1. The predicted molar refractivity (Wildman–Crippen MR) is 142 cm³/mol. The molecular weight excluding hydrogens is 607 g/mol. The van der Waals surface area contributed by atoms with Gasteiger partial charge in [0.1, 0.15) is 15.5 Å². The van der Waals surface area contributed by atoms with Gasteiger partial charge in [-0.15, -0.1) is 0 Å². The van der Waals surface area contributed by atoms with E-state index in [1.54, 1.807) is 0 Å². The Morgan fingerprint density at radius 2 is 1.13 bits per heavy atom. The zero-order valence-electron chi connectivity index (χ0n) is 19.4. The molecule has 38 heavy (non-hydrogen) atoms. The molecule has 14 heteroatoms. The minimum Gasteiger partial charge on any atom is -0.478 e. The average molecular weight is 624 g/mol. The maximum absolute atomic E-state index is 13.5. The minimum atomic E-state index is -0.877. The van der Waals surface area contributed by atoms with Crippen molar-refractivity contribution in [2.45, 2.75) is 28.7 Å². The van der Waals surface area contributed by atoms with Crippen molar-refractivity contribution < 1.29 is 22.3 Å². The van der Waals surface area contributed by atoms with E-state index in [2.05, 4.69) is 19.9 Å². The lowest BCUT2D eigenvalue weighted by Gasteiger charge is -2.06. The van der Waals surface area contributed by atoms with E-state index in [0.29, 0.717) is 22.8 Å². The lowest BCUT2D eigenvalue weighted by molar-refractivity contribution is 0.323. The number of hydrogen-bond donors (Lipinski definition) is 0. The summed E-state index contributed by atoms with van der Waals surface area (Å²) in [6.45, 7) is 2.28. The Bertz CT molecular complexity index is 1380. The predicted octanol–water partition coefficient (Wildman–Crippen LogP) is 8.45. The Balaban J connectivity index is 0.000000212. The molecule has 200 valence electrons. The SMILES string of the molecule is CCOc1cc(Cl)nc(SCc2cccc(F)c2F)n1.Fc1cccc(CSc2nc(Cl)cc(Cl)n2)c1F. The van der Waals surface area contributed by atoms with Crippen LogP contribution in [-0.4, -0.2) is 26.5 Å². The number of hydrogen-bond acceptors (Lipinski definition) is 7. The highest BCUT2D eigenvalue weighted by Gasteiger charge is 2.11. The first-order valence-corrected chi connectivity index (χ1v) is 13.8. The van der Waals surface area contributed by atoms with Gasteiger partial charge in [0.2, 0.25) is 5.88 Å². The van der Waals surface area contributed by atoms with E-state index in [1.165, 1.54) is 36.4 Å². The van der Waals surface area contributed by atoms with E-state index >= 15 is 0 Å². The lowest BCUT2D eigenvalue weighted by atomic mass is 10.2. The first-order valence-electron chi connectivity index (χ1n) is 10.6. The van der Waals surface area contributed by atoms with Crippen LogP contribution >= 0.6 is 58.3 Å². The molecular formula is C24H17Cl3F4N4OS2. The Labute approximate surface area is 239 Å². The molecule has 2 heterocycles. The molecule has 0 fully saturated rings. The summed E-state index contributed by atoms with van der Waals surface area (Å²) in [5.41, 5.74) is 0.483. The second-order valence-electron chi connectivity index (χ2n) is 7.04. The summed E-state index contributed by atoms with van der Waals surface area (Å²) >= 11 is 19.5. The van der Waals surface area contributed by atoms with Crippen molar-refractivity contribution in [3.05, 3.63) is 98.4 Å². The summed E-state index contributed by atoms with van der Waals surface area (Å²) in [4.78, 5) is 16.0. The molecule has 0 radical (unpaired) electrons. The highest BCUT2D eigenvalue weighted by Crippen LogP contribution is 2.26. The van der Waals surface area contributed by atoms with E-state index in [9.17, 15) is 17.6 Å². The number of halogens is 7. The van der Waals surface area contributed by atoms with Gasteiger partial charge in [-0.25, -0.2) is 32.5 Å². The van der Waals surface area contributed by atoms with Crippen LogP contribution in [0, 0.1) is 23.3 Å². The molecule has 0 unspecified atom stereocenters. The van der Waals surface area contributed by atoms with Crippen LogP contribution < -0.4 is 4.74 Å². The van der Waals surface area contributed by atoms with Crippen molar-refractivity contribution in [2.24, 2.45) is 0 Å². The summed E-state index contributed by atoms with van der Waals surface area (Å²) in [5, 5.41) is 1.32. The van der Waals surface area contributed by atoms with Crippen LogP contribution in [0.1, 0.15) is 18.1 Å². The van der Waals surface area contributed by atoms with Gasteiger partial charge in [-0.2, -0.15) is 4.98 Å². The Morgan fingerprint density at radius 1 is 0.684 bits per heavy atom. The molecule has 0 amide bonds. The average Bonchev–Trinajstić information content (AvgIpc) is 2.86. The first-order chi connectivity index (χ1) is 18.2. The molecule has 4 rings (SSSR count). The number of thioether (sulfide) groups is 2. The van der Waals surface area contributed by atoms with Gasteiger partial charge in [-0.05, 0) is 19.1 Å². The minimum absolute atomic E-state index is 0.195. The Morgan fingerprint density at radius 3 is 1.61 bits per heavy atom. The molecule has 0 spiro atoms. The van der Waals surface area contributed by atoms with Crippen molar-refractivity contribution in [1.82, 2.24) is 19.9 Å². The fourth-order valence-corrected chi connectivity index (χ4v) is 5.11. The molecule has 0 N–H and O–H groups in total. The zero-order chi connectivity index (χ0) is 27.7. The van der Waals surface area contributed by atoms with Gasteiger partial charge >= 0.3 is 0 Å². The summed E-state index contributed by atoms with van der Waals surface area (Å²) in [5.74, 6) is -2.71. The molecule has 2 aromatic carbocycles. The van der Waals surface area contributed by atoms with Crippen LogP contribution in [0.2, 0.25) is 15.5 Å². The normalized spacial score (nSPS) is 10.6. The molecule has 0 aliphatic heterocycles. The van der Waals surface area contributed by atoms with E-state index in [4.69, 9.17) is 39.5 Å². The monoisotopic (exact) mass is 622 g/mol. The molecule has 0 aliphatic rings. The second-order valence-corrected chi connectivity index (χ2v) is 10.1. The lowest BCUT2D eigenvalue weighted by Crippen LogP contribution is -1.98. The van der Waals surface area contributed by atoms with Crippen LogP contribution in [0.3, 0.4) is 0 Å². The highest BCUT2D eigenvalue weighted by molar-refractivity contribution is 7.98. The van der Waals surface area contributed by atoms with Gasteiger partial charge in [0.05, 0.1) is 6.61 Å². The van der Waals surface area contributed by atoms with Gasteiger partial charge < -0.3 is 4.74 Å². The third-order valence-electron chi connectivity index (χ3n) is 4.36. The highest BCUT2D eigenvalue weighted by atomic mass is 35.5. The van der Waals surface area contributed by atoms with Crippen molar-refractivity contribution in [3.63, 3.8) is 0 Å². The number of rotatable bonds is 8. The fourth-order valence-electron chi connectivity index (χ4n) is 2.70. The van der Waals surface area contributed by atoms with E-state index in [0.717, 1.165) is 35.7 Å². The molecule has 2 aromatic heterocycles. The van der Waals surface area contributed by atoms with Crippen LogP contribution in [0.25, 0.3) is 0 Å². The smallest absolute Gasteiger partial charge is 0.218 e. The van der Waals surface area contributed by atoms with Crippen LogP contribution in [0.5, 0.6) is 5.88 Å². The summed E-state index contributed by atoms with van der Waals surface area (Å²) in [6.07, 6.45) is 0. The molecule has 0 saturated carbocycles. The topological polar surface area (TPSA) is 60.8 Å². The Kier molecular flexibility index (Phi) is 11.7. The first kappa shape index (κ1) is 30.2. The van der Waals surface area contributed by atoms with Crippen molar-refractivity contribution in [1.29, 1.82) is 0 Å². The summed E-state index contributed by atoms with van der Waals surface area (Å²) < 4.78 is 58.2. The standard InChI is InChI=1S/C13H11ClF2N2OS.C11H6Cl2F2N2S/c1-2-19-11-6-10(14)17-13(18-11)20-7-8-4-3-5-9(15)12(8)16;12-8-4-9(13)17-11(16-8)18-5-6-2-1-3-7(14)10(6)15/h3-6H,2,7H2,1H3;1-4H,5H2. The number of aromatic nitrogens is 4. The van der Waals surface area contributed by atoms with Crippen molar-refractivity contribution in [3.8, 4) is 5.88 Å². The Hall–Kier alpha value is -2.31. The third kappa shape index (κ3) is 9.16. The van der Waals surface area contributed by atoms with Gasteiger partial charge in [-0.1, -0.05) is 82.6 Å². The van der Waals surface area contributed by atoms with E-state index in [-0.39, 0.29) is 38.1 Å².